The van der Waals surface area contributed by atoms with E-state index in [4.69, 9.17) is 0 Å². The van der Waals surface area contributed by atoms with Crippen LogP contribution in [0.5, 0.6) is 0 Å². The quantitative estimate of drug-likeness (QED) is 0.796. The van der Waals surface area contributed by atoms with Gasteiger partial charge in [-0.15, -0.1) is 0 Å². The minimum absolute atomic E-state index is 0.111. The van der Waals surface area contributed by atoms with E-state index in [2.05, 4.69) is 19.2 Å². The van der Waals surface area contributed by atoms with E-state index in [9.17, 15) is 8.78 Å². The molecule has 2 atom stereocenters. The van der Waals surface area contributed by atoms with E-state index < -0.39 is 0 Å². The number of halogens is 2. The van der Waals surface area contributed by atoms with Gasteiger partial charge in [0.1, 0.15) is 11.6 Å². The summed E-state index contributed by atoms with van der Waals surface area (Å²) in [6, 6.07) is 2.51. The number of nitrogens with one attached hydrogen (secondary N) is 1. The van der Waals surface area contributed by atoms with Crippen molar-refractivity contribution >= 4 is 0 Å². The van der Waals surface area contributed by atoms with E-state index in [0.29, 0.717) is 17.0 Å². The molecule has 1 aromatic rings. The maximum atomic E-state index is 14.0. The predicted molar refractivity (Wildman–Crippen MR) is 71.6 cm³/mol. The Kier molecular flexibility index (Phi) is 5.73. The summed E-state index contributed by atoms with van der Waals surface area (Å²) < 4.78 is 27.5. The molecule has 1 rings (SSSR count). The zero-order valence-corrected chi connectivity index (χ0v) is 11.7. The molecular weight excluding hydrogens is 232 g/mol. The lowest BCUT2D eigenvalue weighted by Crippen LogP contribution is -2.24. The van der Waals surface area contributed by atoms with E-state index in [-0.39, 0.29) is 17.7 Å². The molecule has 0 fully saturated rings. The van der Waals surface area contributed by atoms with Gasteiger partial charge in [0.05, 0.1) is 0 Å². The van der Waals surface area contributed by atoms with Crippen LogP contribution in [-0.2, 0) is 0 Å². The third kappa shape index (κ3) is 3.77. The monoisotopic (exact) mass is 255 g/mol. The van der Waals surface area contributed by atoms with Crippen LogP contribution in [-0.4, -0.2) is 6.54 Å². The molecule has 0 spiro atoms. The van der Waals surface area contributed by atoms with Crippen molar-refractivity contribution < 1.29 is 8.78 Å². The van der Waals surface area contributed by atoms with Gasteiger partial charge in [0.2, 0.25) is 0 Å². The van der Waals surface area contributed by atoms with E-state index in [1.165, 1.54) is 12.1 Å². The van der Waals surface area contributed by atoms with Gasteiger partial charge in [-0.25, -0.2) is 8.78 Å². The summed E-state index contributed by atoms with van der Waals surface area (Å²) in [4.78, 5) is 0. The molecule has 0 aliphatic carbocycles. The van der Waals surface area contributed by atoms with Crippen LogP contribution in [0.2, 0.25) is 0 Å². The zero-order valence-electron chi connectivity index (χ0n) is 11.7. The molecule has 0 bridgehead atoms. The van der Waals surface area contributed by atoms with Gasteiger partial charge in [-0.1, -0.05) is 27.2 Å². The minimum Gasteiger partial charge on any atom is -0.310 e. The third-order valence-electron chi connectivity index (χ3n) is 3.44. The molecule has 0 aromatic heterocycles. The Balaban J connectivity index is 3.01. The fourth-order valence-electron chi connectivity index (χ4n) is 2.06. The van der Waals surface area contributed by atoms with Crippen LogP contribution in [0.25, 0.3) is 0 Å². The summed E-state index contributed by atoms with van der Waals surface area (Å²) in [5.41, 5.74) is 0.801. The van der Waals surface area contributed by atoms with Crippen molar-refractivity contribution in [3.63, 3.8) is 0 Å². The number of hydrogen-bond donors (Lipinski definition) is 1. The summed E-state index contributed by atoms with van der Waals surface area (Å²) in [5.74, 6) is -0.167. The van der Waals surface area contributed by atoms with Crippen molar-refractivity contribution in [3.8, 4) is 0 Å². The Morgan fingerprint density at radius 1 is 1.17 bits per heavy atom. The number of benzene rings is 1. The fraction of sp³-hybridized carbons (Fsp3) is 0.600. The van der Waals surface area contributed by atoms with E-state index in [1.807, 2.05) is 6.92 Å². The van der Waals surface area contributed by atoms with E-state index in [1.54, 1.807) is 6.92 Å². The first-order chi connectivity index (χ1) is 8.49. The molecule has 2 unspecified atom stereocenters. The molecule has 0 amide bonds. The van der Waals surface area contributed by atoms with Gasteiger partial charge in [0.25, 0.3) is 0 Å². The molecule has 0 aliphatic heterocycles. The largest absolute Gasteiger partial charge is 0.310 e. The summed E-state index contributed by atoms with van der Waals surface area (Å²) in [5, 5.41) is 3.24. The molecule has 0 saturated heterocycles. The average Bonchev–Trinajstić information content (AvgIpc) is 2.33. The second kappa shape index (κ2) is 6.83. The Labute approximate surface area is 109 Å². The number of rotatable bonds is 6. The summed E-state index contributed by atoms with van der Waals surface area (Å²) >= 11 is 0. The summed E-state index contributed by atoms with van der Waals surface area (Å²) in [7, 11) is 0. The highest BCUT2D eigenvalue weighted by Crippen LogP contribution is 2.27. The molecule has 1 N–H and O–H groups in total. The second-order valence-corrected chi connectivity index (χ2v) is 4.98. The highest BCUT2D eigenvalue weighted by atomic mass is 19.1. The topological polar surface area (TPSA) is 12.0 Å². The molecule has 18 heavy (non-hydrogen) atoms. The lowest BCUT2D eigenvalue weighted by molar-refractivity contribution is 0.395. The van der Waals surface area contributed by atoms with Gasteiger partial charge in [-0.05, 0) is 43.5 Å². The van der Waals surface area contributed by atoms with Gasteiger partial charge in [-0.2, -0.15) is 0 Å². The molecule has 0 heterocycles. The first-order valence-electron chi connectivity index (χ1n) is 6.68. The van der Waals surface area contributed by atoms with Crippen molar-refractivity contribution in [3.05, 3.63) is 34.9 Å². The van der Waals surface area contributed by atoms with Crippen LogP contribution in [0.15, 0.2) is 12.1 Å². The molecule has 0 aliphatic rings. The zero-order chi connectivity index (χ0) is 13.7. The van der Waals surface area contributed by atoms with Crippen LogP contribution in [0, 0.1) is 24.5 Å². The molecule has 102 valence electrons. The Morgan fingerprint density at radius 3 is 2.39 bits per heavy atom. The predicted octanol–water partition coefficient (Wildman–Crippen LogP) is 4.36. The lowest BCUT2D eigenvalue weighted by atomic mass is 9.93. The lowest BCUT2D eigenvalue weighted by Gasteiger charge is -2.22. The standard InChI is InChI=1S/C15H23F2N/c1-5-10(3)7-15(18-6-2)12-9-13(16)11(4)8-14(12)17/h8-10,15,18H,5-7H2,1-4H3. The highest BCUT2D eigenvalue weighted by Gasteiger charge is 2.18. The van der Waals surface area contributed by atoms with E-state index in [0.717, 1.165) is 19.4 Å². The van der Waals surface area contributed by atoms with Gasteiger partial charge in [0.15, 0.2) is 0 Å². The van der Waals surface area contributed by atoms with Crippen LogP contribution in [0.3, 0.4) is 0 Å². The number of aryl methyl sites for hydroxylation is 1. The van der Waals surface area contributed by atoms with Crippen LogP contribution in [0.1, 0.15) is 50.8 Å². The molecule has 0 saturated carbocycles. The van der Waals surface area contributed by atoms with Crippen molar-refractivity contribution in [1.29, 1.82) is 0 Å². The molecule has 3 heteroatoms. The second-order valence-electron chi connectivity index (χ2n) is 4.98. The van der Waals surface area contributed by atoms with Crippen LogP contribution in [0.4, 0.5) is 8.78 Å². The SMILES string of the molecule is CCNC(CC(C)CC)c1cc(F)c(C)cc1F. The Hall–Kier alpha value is -0.960. The van der Waals surface area contributed by atoms with Crippen molar-refractivity contribution in [1.82, 2.24) is 5.32 Å². The Morgan fingerprint density at radius 2 is 1.83 bits per heavy atom. The number of hydrogen-bond acceptors (Lipinski definition) is 1. The first kappa shape index (κ1) is 15.1. The van der Waals surface area contributed by atoms with Crippen molar-refractivity contribution in [2.45, 2.75) is 46.6 Å². The summed E-state index contributed by atoms with van der Waals surface area (Å²) in [6.07, 6.45) is 1.86. The summed E-state index contributed by atoms with van der Waals surface area (Å²) in [6.45, 7) is 8.55. The van der Waals surface area contributed by atoms with Crippen molar-refractivity contribution in [2.24, 2.45) is 5.92 Å². The maximum Gasteiger partial charge on any atom is 0.128 e. The van der Waals surface area contributed by atoms with Crippen molar-refractivity contribution in [2.75, 3.05) is 6.54 Å². The average molecular weight is 255 g/mol. The van der Waals surface area contributed by atoms with Crippen LogP contribution < -0.4 is 5.32 Å². The van der Waals surface area contributed by atoms with Gasteiger partial charge in [0, 0.05) is 11.6 Å². The van der Waals surface area contributed by atoms with Gasteiger partial charge >= 0.3 is 0 Å². The Bertz CT molecular complexity index is 390. The maximum absolute atomic E-state index is 14.0. The molecular formula is C15H23F2N. The normalized spacial score (nSPS) is 14.6. The van der Waals surface area contributed by atoms with Gasteiger partial charge in [-0.3, -0.25) is 0 Å². The minimum atomic E-state index is -0.335. The molecule has 1 nitrogen and oxygen atoms in total. The third-order valence-corrected chi connectivity index (χ3v) is 3.44. The molecule has 1 aromatic carbocycles. The fourth-order valence-corrected chi connectivity index (χ4v) is 2.06. The highest BCUT2D eigenvalue weighted by molar-refractivity contribution is 5.27. The van der Waals surface area contributed by atoms with Crippen LogP contribution >= 0.6 is 0 Å². The smallest absolute Gasteiger partial charge is 0.128 e. The van der Waals surface area contributed by atoms with E-state index >= 15 is 0 Å². The first-order valence-corrected chi connectivity index (χ1v) is 6.68. The molecule has 0 radical (unpaired) electrons. The van der Waals surface area contributed by atoms with Gasteiger partial charge < -0.3 is 5.32 Å².